The Balaban J connectivity index is 1.75. The fourth-order valence-electron chi connectivity index (χ4n) is 3.45. The van der Waals surface area contributed by atoms with Crippen LogP contribution in [0.5, 0.6) is 0 Å². The molecule has 2 aliphatic carbocycles. The summed E-state index contributed by atoms with van der Waals surface area (Å²) in [4.78, 5) is 0. The van der Waals surface area contributed by atoms with Gasteiger partial charge in [0.15, 0.2) is 0 Å². The summed E-state index contributed by atoms with van der Waals surface area (Å²) in [5.41, 5.74) is 1.61. The predicted molar refractivity (Wildman–Crippen MR) is 86.7 cm³/mol. The van der Waals surface area contributed by atoms with Crippen LogP contribution < -0.4 is 5.32 Å². The van der Waals surface area contributed by atoms with Crippen LogP contribution in [-0.4, -0.2) is 12.6 Å². The van der Waals surface area contributed by atoms with Crippen molar-refractivity contribution in [2.75, 3.05) is 6.54 Å². The van der Waals surface area contributed by atoms with Crippen molar-refractivity contribution in [3.63, 3.8) is 0 Å². The van der Waals surface area contributed by atoms with Gasteiger partial charge in [0, 0.05) is 22.6 Å². The predicted octanol–water partition coefficient (Wildman–Crippen LogP) is 5.24. The molecule has 0 bridgehead atoms. The molecule has 20 heavy (non-hydrogen) atoms. The van der Waals surface area contributed by atoms with Gasteiger partial charge in [-0.1, -0.05) is 42.5 Å². The molecule has 0 aliphatic heterocycles. The Morgan fingerprint density at radius 3 is 2.55 bits per heavy atom. The highest BCUT2D eigenvalue weighted by atomic mass is 35.5. The molecule has 0 spiro atoms. The zero-order valence-corrected chi connectivity index (χ0v) is 13.4. The lowest BCUT2D eigenvalue weighted by atomic mass is 9.70. The maximum atomic E-state index is 6.37. The molecule has 3 heteroatoms. The highest BCUT2D eigenvalue weighted by Crippen LogP contribution is 2.41. The van der Waals surface area contributed by atoms with Crippen molar-refractivity contribution in [1.82, 2.24) is 5.32 Å². The van der Waals surface area contributed by atoms with Gasteiger partial charge in [-0.25, -0.2) is 0 Å². The summed E-state index contributed by atoms with van der Waals surface area (Å²) in [6.45, 7) is 1.14. The lowest BCUT2D eigenvalue weighted by Crippen LogP contribution is -2.38. The maximum absolute atomic E-state index is 6.37. The van der Waals surface area contributed by atoms with E-state index in [1.54, 1.807) is 0 Å². The fourth-order valence-corrected chi connectivity index (χ4v) is 3.83. The van der Waals surface area contributed by atoms with Crippen LogP contribution in [0.2, 0.25) is 10.0 Å². The van der Waals surface area contributed by atoms with Crippen molar-refractivity contribution in [2.45, 2.75) is 57.4 Å². The third kappa shape index (κ3) is 3.69. The van der Waals surface area contributed by atoms with Crippen LogP contribution in [0.4, 0.5) is 0 Å². The SMILES string of the molecule is Clc1ccc(Cl)c(CC2(CNC3CC3)CCCCC2)c1. The summed E-state index contributed by atoms with van der Waals surface area (Å²) >= 11 is 12.5. The summed E-state index contributed by atoms with van der Waals surface area (Å²) in [6, 6.07) is 6.65. The van der Waals surface area contributed by atoms with E-state index >= 15 is 0 Å². The number of rotatable bonds is 5. The summed E-state index contributed by atoms with van der Waals surface area (Å²) < 4.78 is 0. The minimum absolute atomic E-state index is 0.384. The normalized spacial score (nSPS) is 21.9. The van der Waals surface area contributed by atoms with Crippen LogP contribution >= 0.6 is 23.2 Å². The average Bonchev–Trinajstić information content (AvgIpc) is 3.26. The molecule has 2 fully saturated rings. The molecule has 1 N–H and O–H groups in total. The Bertz CT molecular complexity index is 462. The second kappa shape index (κ2) is 6.25. The Kier molecular flexibility index (Phi) is 4.59. The van der Waals surface area contributed by atoms with Crippen molar-refractivity contribution in [1.29, 1.82) is 0 Å². The van der Waals surface area contributed by atoms with E-state index in [0.29, 0.717) is 5.41 Å². The van der Waals surface area contributed by atoms with Crippen LogP contribution in [0.1, 0.15) is 50.5 Å². The third-order valence-electron chi connectivity index (χ3n) is 4.83. The van der Waals surface area contributed by atoms with Gasteiger partial charge < -0.3 is 5.32 Å². The van der Waals surface area contributed by atoms with E-state index < -0.39 is 0 Å². The van der Waals surface area contributed by atoms with Gasteiger partial charge >= 0.3 is 0 Å². The molecule has 0 amide bonds. The molecule has 0 atom stereocenters. The second-order valence-electron chi connectivity index (χ2n) is 6.63. The number of halogens is 2. The number of nitrogens with one attached hydrogen (secondary N) is 1. The first-order valence-electron chi connectivity index (χ1n) is 7.84. The molecule has 1 aromatic carbocycles. The summed E-state index contributed by atoms with van der Waals surface area (Å²) in [5, 5.41) is 5.41. The van der Waals surface area contributed by atoms with Crippen LogP contribution in [0.25, 0.3) is 0 Å². The topological polar surface area (TPSA) is 12.0 Å². The molecule has 0 aromatic heterocycles. The quantitative estimate of drug-likeness (QED) is 0.784. The Morgan fingerprint density at radius 2 is 1.85 bits per heavy atom. The van der Waals surface area contributed by atoms with Gasteiger partial charge in [0.2, 0.25) is 0 Å². The van der Waals surface area contributed by atoms with Crippen molar-refractivity contribution in [3.8, 4) is 0 Å². The second-order valence-corrected chi connectivity index (χ2v) is 7.47. The number of benzene rings is 1. The summed E-state index contributed by atoms with van der Waals surface area (Å²) in [5.74, 6) is 0. The van der Waals surface area contributed by atoms with Gasteiger partial charge in [-0.2, -0.15) is 0 Å². The van der Waals surface area contributed by atoms with Crippen LogP contribution in [0.15, 0.2) is 18.2 Å². The van der Waals surface area contributed by atoms with Gasteiger partial charge in [0.05, 0.1) is 0 Å². The molecule has 0 saturated heterocycles. The van der Waals surface area contributed by atoms with Crippen molar-refractivity contribution >= 4 is 23.2 Å². The molecular formula is C17H23Cl2N. The molecule has 1 nitrogen and oxygen atoms in total. The van der Waals surface area contributed by atoms with Crippen LogP contribution in [0, 0.1) is 5.41 Å². The molecule has 0 heterocycles. The van der Waals surface area contributed by atoms with Crippen molar-refractivity contribution < 1.29 is 0 Å². The smallest absolute Gasteiger partial charge is 0.0439 e. The van der Waals surface area contributed by atoms with E-state index in [1.807, 2.05) is 12.1 Å². The Hall–Kier alpha value is -0.240. The van der Waals surface area contributed by atoms with Crippen molar-refractivity contribution in [2.24, 2.45) is 5.41 Å². The van der Waals surface area contributed by atoms with Crippen LogP contribution in [0.3, 0.4) is 0 Å². The minimum atomic E-state index is 0.384. The monoisotopic (exact) mass is 311 g/mol. The zero-order valence-electron chi connectivity index (χ0n) is 11.9. The van der Waals surface area contributed by atoms with E-state index in [1.165, 1.54) is 50.5 Å². The highest BCUT2D eigenvalue weighted by molar-refractivity contribution is 6.33. The molecule has 2 saturated carbocycles. The van der Waals surface area contributed by atoms with E-state index in [2.05, 4.69) is 11.4 Å². The fraction of sp³-hybridized carbons (Fsp3) is 0.647. The Morgan fingerprint density at radius 1 is 1.10 bits per heavy atom. The van der Waals surface area contributed by atoms with Gasteiger partial charge in [-0.05, 0) is 61.3 Å². The minimum Gasteiger partial charge on any atom is -0.313 e. The number of hydrogen-bond acceptors (Lipinski definition) is 1. The molecule has 0 unspecified atom stereocenters. The van der Waals surface area contributed by atoms with Gasteiger partial charge in [-0.3, -0.25) is 0 Å². The first kappa shape index (κ1) is 14.7. The van der Waals surface area contributed by atoms with Gasteiger partial charge in [0.1, 0.15) is 0 Å². The van der Waals surface area contributed by atoms with E-state index in [9.17, 15) is 0 Å². The summed E-state index contributed by atoms with van der Waals surface area (Å²) in [6.07, 6.45) is 10.5. The van der Waals surface area contributed by atoms with Gasteiger partial charge in [0.25, 0.3) is 0 Å². The summed E-state index contributed by atoms with van der Waals surface area (Å²) in [7, 11) is 0. The number of hydrogen-bond donors (Lipinski definition) is 1. The molecule has 110 valence electrons. The van der Waals surface area contributed by atoms with Crippen LogP contribution in [-0.2, 0) is 6.42 Å². The molecular weight excluding hydrogens is 289 g/mol. The van der Waals surface area contributed by atoms with E-state index in [4.69, 9.17) is 23.2 Å². The van der Waals surface area contributed by atoms with Crippen molar-refractivity contribution in [3.05, 3.63) is 33.8 Å². The molecule has 0 radical (unpaired) electrons. The van der Waals surface area contributed by atoms with E-state index in [0.717, 1.165) is 29.1 Å². The highest BCUT2D eigenvalue weighted by Gasteiger charge is 2.34. The standard InChI is InChI=1S/C17H23Cl2N/c18-14-4-7-16(19)13(10-14)11-17(8-2-1-3-9-17)12-20-15-5-6-15/h4,7,10,15,20H,1-3,5-6,8-9,11-12H2. The molecule has 3 rings (SSSR count). The first-order chi connectivity index (χ1) is 9.67. The first-order valence-corrected chi connectivity index (χ1v) is 8.60. The molecule has 2 aliphatic rings. The lowest BCUT2D eigenvalue weighted by Gasteiger charge is -2.38. The third-order valence-corrected chi connectivity index (χ3v) is 5.43. The largest absolute Gasteiger partial charge is 0.313 e. The zero-order chi connectivity index (χ0) is 14.0. The lowest BCUT2D eigenvalue weighted by molar-refractivity contribution is 0.180. The van der Waals surface area contributed by atoms with E-state index in [-0.39, 0.29) is 0 Å². The van der Waals surface area contributed by atoms with Gasteiger partial charge in [-0.15, -0.1) is 0 Å². The maximum Gasteiger partial charge on any atom is 0.0439 e. The Labute approximate surface area is 132 Å². The average molecular weight is 312 g/mol. The molecule has 1 aromatic rings.